The summed E-state index contributed by atoms with van der Waals surface area (Å²) in [5, 5.41) is 15.8. The third kappa shape index (κ3) is 4.86. The Morgan fingerprint density at radius 1 is 1.22 bits per heavy atom. The molecule has 36 heavy (non-hydrogen) atoms. The first-order chi connectivity index (χ1) is 16.5. The van der Waals surface area contributed by atoms with E-state index >= 15 is 0 Å². The maximum absolute atomic E-state index is 14.0. The van der Waals surface area contributed by atoms with Gasteiger partial charge in [0.15, 0.2) is 11.6 Å². The van der Waals surface area contributed by atoms with Gasteiger partial charge in [-0.2, -0.15) is 8.42 Å². The molecule has 0 unspecified atom stereocenters. The summed E-state index contributed by atoms with van der Waals surface area (Å²) in [6.45, 7) is 7.84. The highest BCUT2D eigenvalue weighted by molar-refractivity contribution is 7.91. The Hall–Kier alpha value is -2.54. The van der Waals surface area contributed by atoms with Gasteiger partial charge in [0.05, 0.1) is 11.7 Å². The summed E-state index contributed by atoms with van der Waals surface area (Å²) in [5.74, 6) is -0.987. The number of nitrogens with one attached hydrogen (secondary N) is 2. The SMILES string of the molecule is CC(C)(C)CC[C@]1(C)C(=O)C(C2=NS(=O)(=O)c3c(CNS(C)(=O)=O)csc3N2)=C(O)c2ccccc21. The van der Waals surface area contributed by atoms with Crippen molar-refractivity contribution in [2.45, 2.75) is 57.4 Å². The van der Waals surface area contributed by atoms with E-state index in [1.807, 2.05) is 19.1 Å². The van der Waals surface area contributed by atoms with Crippen LogP contribution in [0, 0.1) is 5.41 Å². The molecular formula is C24H29N3O6S3. The minimum atomic E-state index is -4.29. The average molecular weight is 552 g/mol. The van der Waals surface area contributed by atoms with Crippen molar-refractivity contribution in [3.8, 4) is 0 Å². The number of Topliss-reactive ketones (excluding diaryl/α,β-unsaturated/α-hetero) is 1. The lowest BCUT2D eigenvalue weighted by Crippen LogP contribution is -2.42. The number of carbonyl (C=O) groups excluding carboxylic acids is 1. The van der Waals surface area contributed by atoms with Crippen LogP contribution < -0.4 is 10.0 Å². The molecule has 1 atom stereocenters. The molecule has 9 nitrogen and oxygen atoms in total. The van der Waals surface area contributed by atoms with Crippen molar-refractivity contribution in [2.24, 2.45) is 9.81 Å². The van der Waals surface area contributed by atoms with E-state index in [1.54, 1.807) is 12.1 Å². The van der Waals surface area contributed by atoms with E-state index < -0.39 is 31.2 Å². The monoisotopic (exact) mass is 551 g/mol. The molecule has 2 aliphatic rings. The minimum Gasteiger partial charge on any atom is -0.506 e. The van der Waals surface area contributed by atoms with Crippen LogP contribution in [0.15, 0.2) is 44.5 Å². The Morgan fingerprint density at radius 3 is 2.53 bits per heavy atom. The zero-order chi connectivity index (χ0) is 26.7. The molecule has 0 bridgehead atoms. The van der Waals surface area contributed by atoms with Crippen LogP contribution >= 0.6 is 11.3 Å². The molecule has 2 heterocycles. The van der Waals surface area contributed by atoms with Crippen molar-refractivity contribution in [3.05, 3.63) is 51.9 Å². The molecule has 0 saturated carbocycles. The van der Waals surface area contributed by atoms with Crippen molar-refractivity contribution >= 4 is 53.8 Å². The second-order valence-electron chi connectivity index (χ2n) is 10.5. The third-order valence-corrected chi connectivity index (χ3v) is 9.54. The number of anilines is 1. The quantitative estimate of drug-likeness (QED) is 0.493. The molecule has 0 saturated heterocycles. The van der Waals surface area contributed by atoms with Crippen molar-refractivity contribution in [1.82, 2.24) is 4.72 Å². The minimum absolute atomic E-state index is 0.0478. The number of amidine groups is 1. The van der Waals surface area contributed by atoms with E-state index in [9.17, 15) is 26.7 Å². The molecule has 0 amide bonds. The van der Waals surface area contributed by atoms with E-state index in [0.29, 0.717) is 17.5 Å². The molecule has 0 radical (unpaired) electrons. The number of fused-ring (bicyclic) bond motifs is 2. The Morgan fingerprint density at radius 2 is 1.89 bits per heavy atom. The van der Waals surface area contributed by atoms with E-state index in [0.717, 1.165) is 24.0 Å². The summed E-state index contributed by atoms with van der Waals surface area (Å²) in [5.41, 5.74) is 0.159. The zero-order valence-corrected chi connectivity index (χ0v) is 23.1. The van der Waals surface area contributed by atoms with Gasteiger partial charge in [0.2, 0.25) is 10.0 Å². The van der Waals surface area contributed by atoms with Gasteiger partial charge in [-0.25, -0.2) is 13.1 Å². The van der Waals surface area contributed by atoms with Crippen LogP contribution in [0.2, 0.25) is 0 Å². The van der Waals surface area contributed by atoms with E-state index in [2.05, 4.69) is 35.2 Å². The number of carbonyl (C=O) groups is 1. The van der Waals surface area contributed by atoms with E-state index in [1.165, 1.54) is 5.38 Å². The summed E-state index contributed by atoms with van der Waals surface area (Å²) in [4.78, 5) is 13.8. The van der Waals surface area contributed by atoms with Gasteiger partial charge in [-0.05, 0) is 36.1 Å². The highest BCUT2D eigenvalue weighted by Crippen LogP contribution is 2.46. The summed E-state index contributed by atoms with van der Waals surface area (Å²) in [6, 6.07) is 7.08. The Bertz CT molecular complexity index is 1530. The highest BCUT2D eigenvalue weighted by atomic mass is 32.2. The van der Waals surface area contributed by atoms with Crippen molar-refractivity contribution < 1.29 is 26.7 Å². The molecule has 1 aromatic carbocycles. The first kappa shape index (κ1) is 26.5. The van der Waals surface area contributed by atoms with Crippen LogP contribution in [0.1, 0.15) is 57.2 Å². The van der Waals surface area contributed by atoms with Gasteiger partial charge in [-0.1, -0.05) is 45.0 Å². The molecule has 2 aromatic rings. The second kappa shape index (κ2) is 8.79. The van der Waals surface area contributed by atoms with Crippen molar-refractivity contribution in [1.29, 1.82) is 0 Å². The molecular weight excluding hydrogens is 522 g/mol. The third-order valence-electron chi connectivity index (χ3n) is 6.40. The molecule has 1 aliphatic carbocycles. The van der Waals surface area contributed by atoms with Crippen LogP contribution in [0.5, 0.6) is 0 Å². The van der Waals surface area contributed by atoms with Gasteiger partial charge in [0, 0.05) is 17.7 Å². The molecule has 1 aromatic heterocycles. The lowest BCUT2D eigenvalue weighted by atomic mass is 9.65. The van der Waals surface area contributed by atoms with Crippen molar-refractivity contribution in [3.63, 3.8) is 0 Å². The van der Waals surface area contributed by atoms with Gasteiger partial charge >= 0.3 is 0 Å². The van der Waals surface area contributed by atoms with Crippen LogP contribution in [0.4, 0.5) is 5.00 Å². The van der Waals surface area contributed by atoms with Crippen LogP contribution in [0.25, 0.3) is 5.76 Å². The lowest BCUT2D eigenvalue weighted by molar-refractivity contribution is -0.120. The van der Waals surface area contributed by atoms with Gasteiger partial charge in [-0.15, -0.1) is 15.7 Å². The maximum Gasteiger partial charge on any atom is 0.287 e. The molecule has 4 rings (SSSR count). The van der Waals surface area contributed by atoms with Gasteiger partial charge < -0.3 is 10.4 Å². The number of hydrogen-bond donors (Lipinski definition) is 3. The van der Waals surface area contributed by atoms with E-state index in [-0.39, 0.29) is 44.6 Å². The number of ketones is 1. The number of hydrogen-bond acceptors (Lipinski definition) is 8. The number of aliphatic hydroxyl groups excluding tert-OH is 1. The standard InChI is InChI=1S/C24H29N3O6S3/c1-23(2,3)10-11-24(4)16-9-7-6-8-15(16)18(28)17(20(24)29)21-26-22-19(36(32,33)27-21)14(13-34-22)12-25-35(5,30)31/h6-9,13,25,28H,10-12H2,1-5H3,(H,26,27)/t24-/m0/s1. The van der Waals surface area contributed by atoms with Gasteiger partial charge in [0.1, 0.15) is 21.2 Å². The van der Waals surface area contributed by atoms with Crippen LogP contribution in [-0.2, 0) is 36.8 Å². The predicted molar refractivity (Wildman–Crippen MR) is 141 cm³/mol. The summed E-state index contributed by atoms with van der Waals surface area (Å²) in [6.07, 6.45) is 2.20. The number of benzene rings is 1. The smallest absolute Gasteiger partial charge is 0.287 e. The van der Waals surface area contributed by atoms with Gasteiger partial charge in [0.25, 0.3) is 10.0 Å². The fraction of sp³-hybridized carbons (Fsp3) is 0.417. The number of thiophene rings is 1. The molecule has 0 fully saturated rings. The predicted octanol–water partition coefficient (Wildman–Crippen LogP) is 3.95. The zero-order valence-electron chi connectivity index (χ0n) is 20.7. The molecule has 194 valence electrons. The summed E-state index contributed by atoms with van der Waals surface area (Å²) in [7, 11) is -7.83. The number of sulfonamides is 2. The Balaban J connectivity index is 1.81. The lowest BCUT2D eigenvalue weighted by Gasteiger charge is -2.37. The first-order valence-electron chi connectivity index (χ1n) is 11.3. The normalized spacial score (nSPS) is 21.5. The Labute approximate surface area is 215 Å². The number of rotatable bonds is 6. The van der Waals surface area contributed by atoms with Gasteiger partial charge in [-0.3, -0.25) is 4.79 Å². The van der Waals surface area contributed by atoms with Crippen LogP contribution in [-0.4, -0.2) is 39.8 Å². The average Bonchev–Trinajstić information content (AvgIpc) is 3.18. The first-order valence-corrected chi connectivity index (χ1v) is 15.5. The molecule has 12 heteroatoms. The fourth-order valence-electron chi connectivity index (χ4n) is 4.39. The fourth-order valence-corrected chi connectivity index (χ4v) is 7.42. The molecule has 1 aliphatic heterocycles. The Kier molecular flexibility index (Phi) is 6.47. The molecule has 3 N–H and O–H groups in total. The van der Waals surface area contributed by atoms with E-state index in [4.69, 9.17) is 0 Å². The van der Waals surface area contributed by atoms with Crippen LogP contribution in [0.3, 0.4) is 0 Å². The number of aliphatic hydroxyl groups is 1. The summed E-state index contributed by atoms with van der Waals surface area (Å²) >= 11 is 1.05. The second-order valence-corrected chi connectivity index (χ2v) is 14.8. The number of nitrogens with zero attached hydrogens (tertiary/aromatic N) is 1. The summed E-state index contributed by atoms with van der Waals surface area (Å²) < 4.78 is 55.5. The largest absolute Gasteiger partial charge is 0.506 e. The highest BCUT2D eigenvalue weighted by Gasteiger charge is 2.47. The molecule has 0 spiro atoms. The topological polar surface area (TPSA) is 142 Å². The maximum atomic E-state index is 14.0. The van der Waals surface area contributed by atoms with Crippen molar-refractivity contribution in [2.75, 3.05) is 11.6 Å².